The van der Waals surface area contributed by atoms with Crippen LogP contribution in [-0.4, -0.2) is 40.8 Å². The number of hydrogen-bond donors (Lipinski definition) is 1. The zero-order chi connectivity index (χ0) is 15.5. The first kappa shape index (κ1) is 15.4. The van der Waals surface area contributed by atoms with E-state index in [0.29, 0.717) is 24.7 Å². The number of carbonyl (C=O) groups is 1. The van der Waals surface area contributed by atoms with Crippen LogP contribution < -0.4 is 10.5 Å². The molecule has 2 rings (SSSR count). The van der Waals surface area contributed by atoms with Crippen LogP contribution in [0.15, 0.2) is 18.3 Å². The van der Waals surface area contributed by atoms with Gasteiger partial charge in [0.2, 0.25) is 0 Å². The van der Waals surface area contributed by atoms with E-state index < -0.39 is 5.60 Å². The van der Waals surface area contributed by atoms with Crippen LogP contribution in [-0.2, 0) is 4.74 Å². The lowest BCUT2D eigenvalue weighted by atomic mass is 10.1. The van der Waals surface area contributed by atoms with Gasteiger partial charge < -0.3 is 20.1 Å². The number of aromatic nitrogens is 1. The van der Waals surface area contributed by atoms with Crippen molar-refractivity contribution in [1.29, 1.82) is 0 Å². The lowest BCUT2D eigenvalue weighted by Crippen LogP contribution is -2.46. The molecule has 21 heavy (non-hydrogen) atoms. The van der Waals surface area contributed by atoms with Crippen molar-refractivity contribution in [3.05, 3.63) is 18.3 Å². The molecule has 0 saturated carbocycles. The molecule has 1 fully saturated rings. The second kappa shape index (κ2) is 6.20. The van der Waals surface area contributed by atoms with Crippen molar-refractivity contribution < 1.29 is 14.3 Å². The number of pyridine rings is 1. The van der Waals surface area contributed by atoms with Gasteiger partial charge in [-0.25, -0.2) is 9.78 Å². The van der Waals surface area contributed by atoms with Gasteiger partial charge in [-0.3, -0.25) is 0 Å². The molecule has 1 aliphatic heterocycles. The summed E-state index contributed by atoms with van der Waals surface area (Å²) in [6.45, 7) is 6.82. The van der Waals surface area contributed by atoms with Gasteiger partial charge in [0.15, 0.2) is 0 Å². The Morgan fingerprint density at radius 1 is 1.43 bits per heavy atom. The summed E-state index contributed by atoms with van der Waals surface area (Å²) >= 11 is 0. The lowest BCUT2D eigenvalue weighted by Gasteiger charge is -2.34. The van der Waals surface area contributed by atoms with Crippen molar-refractivity contribution in [3.63, 3.8) is 0 Å². The molecule has 1 amide bonds. The van der Waals surface area contributed by atoms with E-state index in [1.165, 1.54) is 0 Å². The molecule has 0 aromatic carbocycles. The zero-order valence-electron chi connectivity index (χ0n) is 12.8. The normalized spacial score (nSPS) is 19.2. The molecule has 6 heteroatoms. The van der Waals surface area contributed by atoms with Gasteiger partial charge in [-0.15, -0.1) is 0 Å². The van der Waals surface area contributed by atoms with E-state index in [1.807, 2.05) is 20.8 Å². The third kappa shape index (κ3) is 4.81. The van der Waals surface area contributed by atoms with Crippen molar-refractivity contribution in [2.75, 3.05) is 18.8 Å². The maximum Gasteiger partial charge on any atom is 0.410 e. The highest BCUT2D eigenvalue weighted by Crippen LogP contribution is 2.20. The highest BCUT2D eigenvalue weighted by atomic mass is 16.6. The fourth-order valence-corrected chi connectivity index (χ4v) is 2.18. The Labute approximate surface area is 125 Å². The summed E-state index contributed by atoms with van der Waals surface area (Å²) in [6, 6.07) is 3.48. The quantitative estimate of drug-likeness (QED) is 0.906. The lowest BCUT2D eigenvalue weighted by molar-refractivity contribution is 0.00773. The maximum absolute atomic E-state index is 12.1. The predicted molar refractivity (Wildman–Crippen MR) is 80.1 cm³/mol. The Bertz CT molecular complexity index is 482. The number of amides is 1. The van der Waals surface area contributed by atoms with Gasteiger partial charge in [0.25, 0.3) is 0 Å². The smallest absolute Gasteiger partial charge is 0.410 e. The van der Waals surface area contributed by atoms with Crippen LogP contribution in [0.5, 0.6) is 5.75 Å². The number of carbonyl (C=O) groups excluding carboxylic acids is 1. The molecule has 0 aliphatic carbocycles. The Morgan fingerprint density at radius 3 is 2.81 bits per heavy atom. The molecule has 1 saturated heterocycles. The topological polar surface area (TPSA) is 77.7 Å². The van der Waals surface area contributed by atoms with Crippen molar-refractivity contribution in [2.45, 2.75) is 45.3 Å². The number of likely N-dealkylation sites (tertiary alicyclic amines) is 1. The summed E-state index contributed by atoms with van der Waals surface area (Å²) in [5.74, 6) is 1.13. The molecule has 2 heterocycles. The largest absolute Gasteiger partial charge is 0.487 e. The molecule has 2 N–H and O–H groups in total. The molecular weight excluding hydrogens is 270 g/mol. The van der Waals surface area contributed by atoms with E-state index >= 15 is 0 Å². The molecular formula is C15H23N3O3. The van der Waals surface area contributed by atoms with Crippen LogP contribution in [0.25, 0.3) is 0 Å². The molecule has 116 valence electrons. The van der Waals surface area contributed by atoms with Gasteiger partial charge >= 0.3 is 6.09 Å². The molecule has 0 unspecified atom stereocenters. The summed E-state index contributed by atoms with van der Waals surface area (Å²) in [6.07, 6.45) is 3.07. The van der Waals surface area contributed by atoms with Gasteiger partial charge in [0.05, 0.1) is 12.7 Å². The fourth-order valence-electron chi connectivity index (χ4n) is 2.18. The van der Waals surface area contributed by atoms with Crippen LogP contribution in [0.4, 0.5) is 10.6 Å². The van der Waals surface area contributed by atoms with Gasteiger partial charge in [-0.1, -0.05) is 0 Å². The number of piperidine rings is 1. The second-order valence-corrected chi connectivity index (χ2v) is 6.23. The summed E-state index contributed by atoms with van der Waals surface area (Å²) in [5.41, 5.74) is 5.06. The van der Waals surface area contributed by atoms with E-state index in [9.17, 15) is 4.79 Å². The minimum atomic E-state index is -0.480. The molecule has 1 aromatic rings. The number of rotatable bonds is 2. The Balaban J connectivity index is 1.91. The summed E-state index contributed by atoms with van der Waals surface area (Å²) < 4.78 is 11.2. The van der Waals surface area contributed by atoms with Crippen molar-refractivity contribution in [1.82, 2.24) is 9.88 Å². The molecule has 0 bridgehead atoms. The maximum atomic E-state index is 12.1. The molecule has 1 aromatic heterocycles. The highest BCUT2D eigenvalue weighted by molar-refractivity contribution is 5.68. The molecule has 1 atom stereocenters. The van der Waals surface area contributed by atoms with Gasteiger partial charge in [-0.2, -0.15) is 0 Å². The zero-order valence-corrected chi connectivity index (χ0v) is 12.8. The SMILES string of the molecule is CC(C)(C)OC(=O)N1CCC[C@H](Oc2ccc(N)nc2)C1. The van der Waals surface area contributed by atoms with E-state index in [2.05, 4.69) is 4.98 Å². The fraction of sp³-hybridized carbons (Fsp3) is 0.600. The average molecular weight is 293 g/mol. The highest BCUT2D eigenvalue weighted by Gasteiger charge is 2.28. The monoisotopic (exact) mass is 293 g/mol. The number of hydrogen-bond acceptors (Lipinski definition) is 5. The number of nitrogens with two attached hydrogens (primary N) is 1. The van der Waals surface area contributed by atoms with Gasteiger partial charge in [0.1, 0.15) is 23.3 Å². The Morgan fingerprint density at radius 2 is 2.19 bits per heavy atom. The van der Waals surface area contributed by atoms with Crippen molar-refractivity contribution in [2.24, 2.45) is 0 Å². The molecule has 6 nitrogen and oxygen atoms in total. The van der Waals surface area contributed by atoms with Crippen LogP contribution in [0.2, 0.25) is 0 Å². The molecule has 0 spiro atoms. The third-order valence-corrected chi connectivity index (χ3v) is 3.09. The number of nitrogen functional groups attached to an aromatic ring is 1. The first-order valence-electron chi connectivity index (χ1n) is 7.19. The van der Waals surface area contributed by atoms with Crippen LogP contribution >= 0.6 is 0 Å². The Hall–Kier alpha value is -1.98. The van der Waals surface area contributed by atoms with Crippen molar-refractivity contribution in [3.8, 4) is 5.75 Å². The van der Waals surface area contributed by atoms with E-state index in [0.717, 1.165) is 12.8 Å². The first-order chi connectivity index (χ1) is 9.83. The second-order valence-electron chi connectivity index (χ2n) is 6.23. The third-order valence-electron chi connectivity index (χ3n) is 3.09. The van der Waals surface area contributed by atoms with Gasteiger partial charge in [0, 0.05) is 6.54 Å². The van der Waals surface area contributed by atoms with Gasteiger partial charge in [-0.05, 0) is 45.7 Å². The first-order valence-corrected chi connectivity index (χ1v) is 7.19. The predicted octanol–water partition coefficient (Wildman–Crippen LogP) is 2.44. The Kier molecular flexibility index (Phi) is 4.55. The number of ether oxygens (including phenoxy) is 2. The number of anilines is 1. The standard InChI is InChI=1S/C15H23N3O3/c1-15(2,3)21-14(19)18-8-4-5-12(10-18)20-11-6-7-13(16)17-9-11/h6-7,9,12H,4-5,8,10H2,1-3H3,(H2,16,17)/t12-/m0/s1. The average Bonchev–Trinajstić information content (AvgIpc) is 2.40. The van der Waals surface area contributed by atoms with E-state index in [4.69, 9.17) is 15.2 Å². The summed E-state index contributed by atoms with van der Waals surface area (Å²) in [4.78, 5) is 17.8. The number of nitrogens with zero attached hydrogens (tertiary/aromatic N) is 2. The van der Waals surface area contributed by atoms with Crippen LogP contribution in [0.1, 0.15) is 33.6 Å². The van der Waals surface area contributed by atoms with Crippen LogP contribution in [0, 0.1) is 0 Å². The molecule has 0 radical (unpaired) electrons. The molecule has 1 aliphatic rings. The summed E-state index contributed by atoms with van der Waals surface area (Å²) in [5, 5.41) is 0. The van der Waals surface area contributed by atoms with Crippen LogP contribution in [0.3, 0.4) is 0 Å². The minimum absolute atomic E-state index is 0.0447. The van der Waals surface area contributed by atoms with Crippen molar-refractivity contribution >= 4 is 11.9 Å². The minimum Gasteiger partial charge on any atom is -0.487 e. The summed E-state index contributed by atoms with van der Waals surface area (Å²) in [7, 11) is 0. The van der Waals surface area contributed by atoms with E-state index in [-0.39, 0.29) is 12.2 Å². The van der Waals surface area contributed by atoms with E-state index in [1.54, 1.807) is 23.2 Å².